The zero-order valence-corrected chi connectivity index (χ0v) is 13.1. The summed E-state index contributed by atoms with van der Waals surface area (Å²) in [4.78, 5) is 0. The third-order valence-electron chi connectivity index (χ3n) is 3.14. The Labute approximate surface area is 121 Å². The Morgan fingerprint density at radius 3 is 2.63 bits per heavy atom. The third-order valence-corrected chi connectivity index (χ3v) is 3.75. The molecule has 2 unspecified atom stereocenters. The van der Waals surface area contributed by atoms with Crippen LogP contribution in [0.1, 0.15) is 18.9 Å². The monoisotopic (exact) mass is 335 g/mol. The van der Waals surface area contributed by atoms with Crippen LogP contribution in [0.3, 0.4) is 0 Å². The number of benzene rings is 1. The maximum atomic E-state index is 13.9. The van der Waals surface area contributed by atoms with Gasteiger partial charge in [0.2, 0.25) is 0 Å². The molecule has 1 aromatic rings. The normalized spacial score (nSPS) is 14.4. The Kier molecular flexibility index (Phi) is 6.89. The lowest BCUT2D eigenvalue weighted by Crippen LogP contribution is -2.31. The van der Waals surface area contributed by atoms with Crippen LogP contribution in [0.2, 0.25) is 0 Å². The molecule has 19 heavy (non-hydrogen) atoms. The van der Waals surface area contributed by atoms with Crippen LogP contribution in [0.4, 0.5) is 8.78 Å². The van der Waals surface area contributed by atoms with Crippen LogP contribution in [-0.4, -0.2) is 26.8 Å². The van der Waals surface area contributed by atoms with E-state index in [0.717, 1.165) is 6.42 Å². The second-order valence-electron chi connectivity index (χ2n) is 4.81. The van der Waals surface area contributed by atoms with Crippen molar-refractivity contribution in [2.45, 2.75) is 25.8 Å². The smallest absolute Gasteiger partial charge is 0.143 e. The number of nitrogens with one attached hydrogen (secondary N) is 1. The van der Waals surface area contributed by atoms with E-state index >= 15 is 0 Å². The van der Waals surface area contributed by atoms with Crippen LogP contribution in [-0.2, 0) is 11.2 Å². The minimum Gasteiger partial charge on any atom is -0.384 e. The lowest BCUT2D eigenvalue weighted by molar-refractivity contribution is 0.149. The van der Waals surface area contributed by atoms with Gasteiger partial charge in [0.15, 0.2) is 0 Å². The third kappa shape index (κ3) is 4.82. The fourth-order valence-corrected chi connectivity index (χ4v) is 2.52. The van der Waals surface area contributed by atoms with Crippen LogP contribution >= 0.6 is 15.9 Å². The van der Waals surface area contributed by atoms with Crippen LogP contribution in [0.15, 0.2) is 16.6 Å². The molecular weight excluding hydrogens is 316 g/mol. The van der Waals surface area contributed by atoms with Crippen LogP contribution in [0.5, 0.6) is 0 Å². The highest BCUT2D eigenvalue weighted by Crippen LogP contribution is 2.23. The molecule has 0 radical (unpaired) electrons. The molecular formula is C14H20BrF2NO. The van der Waals surface area contributed by atoms with E-state index in [-0.39, 0.29) is 11.6 Å². The van der Waals surface area contributed by atoms with Gasteiger partial charge in [0.1, 0.15) is 11.6 Å². The maximum absolute atomic E-state index is 13.9. The Morgan fingerprint density at radius 2 is 2.05 bits per heavy atom. The van der Waals surface area contributed by atoms with Gasteiger partial charge in [-0.25, -0.2) is 8.78 Å². The number of halogens is 3. The average molecular weight is 336 g/mol. The second kappa shape index (κ2) is 7.92. The van der Waals surface area contributed by atoms with Gasteiger partial charge >= 0.3 is 0 Å². The van der Waals surface area contributed by atoms with Crippen molar-refractivity contribution >= 4 is 15.9 Å². The number of hydrogen-bond donors (Lipinski definition) is 1. The van der Waals surface area contributed by atoms with Gasteiger partial charge in [0.25, 0.3) is 0 Å². The minimum absolute atomic E-state index is 0.0171. The summed E-state index contributed by atoms with van der Waals surface area (Å²) >= 11 is 3.09. The van der Waals surface area contributed by atoms with E-state index in [2.05, 4.69) is 28.2 Å². The molecule has 0 aliphatic rings. The van der Waals surface area contributed by atoms with Gasteiger partial charge in [0.05, 0.1) is 4.47 Å². The molecule has 0 saturated heterocycles. The summed E-state index contributed by atoms with van der Waals surface area (Å²) in [7, 11) is 3.45. The first-order valence-corrected chi connectivity index (χ1v) is 7.07. The van der Waals surface area contributed by atoms with E-state index in [9.17, 15) is 8.78 Å². The van der Waals surface area contributed by atoms with Crippen molar-refractivity contribution in [3.63, 3.8) is 0 Å². The van der Waals surface area contributed by atoms with Crippen molar-refractivity contribution in [3.05, 3.63) is 33.8 Å². The lowest BCUT2D eigenvalue weighted by Gasteiger charge is -2.21. The predicted molar refractivity (Wildman–Crippen MR) is 76.3 cm³/mol. The molecule has 1 rings (SSSR count). The summed E-state index contributed by atoms with van der Waals surface area (Å²) in [6.07, 6.45) is 1.12. The van der Waals surface area contributed by atoms with Gasteiger partial charge in [-0.3, -0.25) is 0 Å². The van der Waals surface area contributed by atoms with Crippen molar-refractivity contribution in [1.29, 1.82) is 0 Å². The minimum atomic E-state index is -0.514. The van der Waals surface area contributed by atoms with Gasteiger partial charge in [0, 0.05) is 25.3 Å². The van der Waals surface area contributed by atoms with E-state index in [1.165, 1.54) is 12.1 Å². The highest BCUT2D eigenvalue weighted by Gasteiger charge is 2.18. The Hall–Kier alpha value is -0.520. The number of likely N-dealkylation sites (N-methyl/N-ethyl adjacent to an activating group) is 1. The molecule has 2 atom stereocenters. The molecule has 0 amide bonds. The Morgan fingerprint density at radius 1 is 1.37 bits per heavy atom. The Balaban J connectivity index is 2.78. The number of hydrogen-bond acceptors (Lipinski definition) is 2. The largest absolute Gasteiger partial charge is 0.384 e. The molecule has 0 aliphatic carbocycles. The van der Waals surface area contributed by atoms with Crippen LogP contribution in [0, 0.1) is 17.6 Å². The predicted octanol–water partition coefficient (Wildman–Crippen LogP) is 3.53. The van der Waals surface area contributed by atoms with Crippen molar-refractivity contribution in [2.24, 2.45) is 5.92 Å². The summed E-state index contributed by atoms with van der Waals surface area (Å²) in [5, 5.41) is 3.11. The fraction of sp³-hybridized carbons (Fsp3) is 0.571. The molecule has 0 heterocycles. The van der Waals surface area contributed by atoms with E-state index in [4.69, 9.17) is 4.74 Å². The van der Waals surface area contributed by atoms with E-state index in [0.29, 0.717) is 23.4 Å². The summed E-state index contributed by atoms with van der Waals surface area (Å²) in [6.45, 7) is 2.70. The van der Waals surface area contributed by atoms with E-state index in [1.807, 2.05) is 0 Å². The molecule has 0 aliphatic heterocycles. The van der Waals surface area contributed by atoms with Crippen molar-refractivity contribution in [2.75, 3.05) is 20.8 Å². The second-order valence-corrected chi connectivity index (χ2v) is 5.66. The van der Waals surface area contributed by atoms with Crippen molar-refractivity contribution in [1.82, 2.24) is 5.32 Å². The zero-order chi connectivity index (χ0) is 14.4. The zero-order valence-electron chi connectivity index (χ0n) is 11.5. The highest BCUT2D eigenvalue weighted by molar-refractivity contribution is 9.10. The highest BCUT2D eigenvalue weighted by atomic mass is 79.9. The number of rotatable bonds is 7. The molecule has 0 aromatic heterocycles. The topological polar surface area (TPSA) is 21.3 Å². The number of ether oxygens (including phenoxy) is 1. The summed E-state index contributed by atoms with van der Waals surface area (Å²) < 4.78 is 33.0. The number of methoxy groups -OCH3 is 1. The SMILES string of the molecule is CNC(Cc1c(F)ccc(Br)c1F)CC(C)COC. The molecule has 108 valence electrons. The molecule has 0 spiro atoms. The summed E-state index contributed by atoms with van der Waals surface area (Å²) in [5.74, 6) is -0.680. The van der Waals surface area contributed by atoms with Crippen molar-refractivity contribution < 1.29 is 13.5 Å². The first-order valence-electron chi connectivity index (χ1n) is 6.28. The summed E-state index contributed by atoms with van der Waals surface area (Å²) in [5.41, 5.74) is 0.123. The molecule has 0 bridgehead atoms. The van der Waals surface area contributed by atoms with Gasteiger partial charge in [-0.15, -0.1) is 0 Å². The molecule has 1 aromatic carbocycles. The maximum Gasteiger partial charge on any atom is 0.143 e. The molecule has 1 N–H and O–H groups in total. The van der Waals surface area contributed by atoms with Crippen molar-refractivity contribution in [3.8, 4) is 0 Å². The standard InChI is InChI=1S/C14H20BrF2NO/c1-9(8-19-3)6-10(18-2)7-11-13(16)5-4-12(15)14(11)17/h4-5,9-10,18H,6-8H2,1-3H3. The molecule has 2 nitrogen and oxygen atoms in total. The molecule has 5 heteroatoms. The molecule has 0 fully saturated rings. The van der Waals surface area contributed by atoms with Gasteiger partial charge in [-0.1, -0.05) is 6.92 Å². The van der Waals surface area contributed by atoms with Crippen LogP contribution < -0.4 is 5.32 Å². The lowest BCUT2D eigenvalue weighted by atomic mass is 9.96. The van der Waals surface area contributed by atoms with E-state index in [1.54, 1.807) is 14.2 Å². The van der Waals surface area contributed by atoms with Gasteiger partial charge in [-0.05, 0) is 53.9 Å². The molecule has 0 saturated carbocycles. The first kappa shape index (κ1) is 16.5. The summed E-state index contributed by atoms with van der Waals surface area (Å²) in [6, 6.07) is 2.69. The van der Waals surface area contributed by atoms with Gasteiger partial charge in [-0.2, -0.15) is 0 Å². The average Bonchev–Trinajstić information content (AvgIpc) is 2.38. The Bertz CT molecular complexity index is 415. The quantitative estimate of drug-likeness (QED) is 0.769. The van der Waals surface area contributed by atoms with Gasteiger partial charge < -0.3 is 10.1 Å². The van der Waals surface area contributed by atoms with E-state index < -0.39 is 11.6 Å². The first-order chi connectivity index (χ1) is 8.99. The van der Waals surface area contributed by atoms with Crippen LogP contribution in [0.25, 0.3) is 0 Å². The fourth-order valence-electron chi connectivity index (χ4n) is 2.14.